The lowest BCUT2D eigenvalue weighted by Crippen LogP contribution is -2.43. The van der Waals surface area contributed by atoms with Crippen LogP contribution in [0.1, 0.15) is 32.1 Å². The number of hydrogen-bond donors (Lipinski definition) is 1. The summed E-state index contributed by atoms with van der Waals surface area (Å²) in [5.41, 5.74) is 0. The molecule has 0 aromatic carbocycles. The minimum Gasteiger partial charge on any atom is -0.338 e. The van der Waals surface area contributed by atoms with E-state index in [0.717, 1.165) is 12.5 Å². The largest absolute Gasteiger partial charge is 0.338 e. The fraction of sp³-hybridized carbons (Fsp3) is 0.769. The molecule has 1 saturated carbocycles. The molecule has 0 spiro atoms. The molecule has 88 valence electrons. The van der Waals surface area contributed by atoms with Gasteiger partial charge in [-0.05, 0) is 25.2 Å². The summed E-state index contributed by atoms with van der Waals surface area (Å²) < 4.78 is 0. The van der Waals surface area contributed by atoms with Crippen LogP contribution < -0.4 is 5.32 Å². The van der Waals surface area contributed by atoms with Crippen LogP contribution in [0.2, 0.25) is 0 Å². The number of rotatable bonds is 3. The van der Waals surface area contributed by atoms with Crippen molar-refractivity contribution in [3.63, 3.8) is 0 Å². The average molecular weight is 220 g/mol. The fourth-order valence-electron chi connectivity index (χ4n) is 3.06. The van der Waals surface area contributed by atoms with Gasteiger partial charge >= 0.3 is 0 Å². The van der Waals surface area contributed by atoms with E-state index in [0.29, 0.717) is 19.1 Å². The molecule has 2 rings (SSSR count). The highest BCUT2D eigenvalue weighted by atomic mass is 16.2. The van der Waals surface area contributed by atoms with Gasteiger partial charge in [-0.15, -0.1) is 6.42 Å². The van der Waals surface area contributed by atoms with Crippen molar-refractivity contribution in [2.75, 3.05) is 19.6 Å². The summed E-state index contributed by atoms with van der Waals surface area (Å²) in [5.74, 6) is 3.48. The molecule has 0 aromatic rings. The number of hydrogen-bond acceptors (Lipinski definition) is 2. The van der Waals surface area contributed by atoms with Gasteiger partial charge in [-0.1, -0.05) is 18.8 Å². The lowest BCUT2D eigenvalue weighted by molar-refractivity contribution is -0.131. The van der Waals surface area contributed by atoms with E-state index in [-0.39, 0.29) is 5.91 Å². The lowest BCUT2D eigenvalue weighted by atomic mass is 9.85. The number of carbonyl (C=O) groups excluding carboxylic acids is 1. The van der Waals surface area contributed by atoms with Crippen LogP contribution in [-0.2, 0) is 4.79 Å². The molecule has 1 saturated heterocycles. The number of nitrogens with zero attached hydrogens (tertiary/aromatic N) is 1. The molecule has 1 N–H and O–H groups in total. The van der Waals surface area contributed by atoms with E-state index >= 15 is 0 Å². The SMILES string of the molecule is C#CCNCC(=O)N1CCC2CCCCC21. The summed E-state index contributed by atoms with van der Waals surface area (Å²) in [4.78, 5) is 14.0. The van der Waals surface area contributed by atoms with Crippen LogP contribution in [0.5, 0.6) is 0 Å². The summed E-state index contributed by atoms with van der Waals surface area (Å²) in [6.45, 7) is 1.83. The standard InChI is InChI=1S/C13H20N2O/c1-2-8-14-10-13(16)15-9-7-11-5-3-4-6-12(11)15/h1,11-12,14H,3-10H2. The predicted octanol–water partition coefficient (Wildman–Crippen LogP) is 1.00. The van der Waals surface area contributed by atoms with Gasteiger partial charge < -0.3 is 4.90 Å². The Morgan fingerprint density at radius 2 is 2.19 bits per heavy atom. The van der Waals surface area contributed by atoms with Crippen LogP contribution in [0.3, 0.4) is 0 Å². The third kappa shape index (κ3) is 2.38. The van der Waals surface area contributed by atoms with Crippen LogP contribution in [0.15, 0.2) is 0 Å². The van der Waals surface area contributed by atoms with Gasteiger partial charge in [0, 0.05) is 12.6 Å². The number of terminal acetylenes is 1. The van der Waals surface area contributed by atoms with Gasteiger partial charge in [0.15, 0.2) is 0 Å². The average Bonchev–Trinajstić information content (AvgIpc) is 2.73. The highest BCUT2D eigenvalue weighted by Gasteiger charge is 2.37. The van der Waals surface area contributed by atoms with Crippen molar-refractivity contribution in [2.24, 2.45) is 5.92 Å². The Balaban J connectivity index is 1.85. The van der Waals surface area contributed by atoms with Gasteiger partial charge in [-0.2, -0.15) is 0 Å². The van der Waals surface area contributed by atoms with Crippen LogP contribution in [-0.4, -0.2) is 36.5 Å². The minimum absolute atomic E-state index is 0.227. The number of likely N-dealkylation sites (tertiary alicyclic amines) is 1. The molecule has 0 bridgehead atoms. The van der Waals surface area contributed by atoms with E-state index in [2.05, 4.69) is 16.1 Å². The lowest BCUT2D eigenvalue weighted by Gasteiger charge is -2.31. The van der Waals surface area contributed by atoms with Crippen LogP contribution in [0.4, 0.5) is 0 Å². The molecule has 1 aliphatic heterocycles. The van der Waals surface area contributed by atoms with Crippen molar-refractivity contribution in [1.82, 2.24) is 10.2 Å². The van der Waals surface area contributed by atoms with E-state index in [4.69, 9.17) is 6.42 Å². The maximum absolute atomic E-state index is 12.0. The maximum Gasteiger partial charge on any atom is 0.236 e. The molecule has 1 amide bonds. The third-order valence-corrected chi connectivity index (χ3v) is 3.83. The monoisotopic (exact) mass is 220 g/mol. The van der Waals surface area contributed by atoms with Crippen LogP contribution in [0.25, 0.3) is 0 Å². The second-order valence-corrected chi connectivity index (χ2v) is 4.80. The first-order valence-electron chi connectivity index (χ1n) is 6.26. The summed E-state index contributed by atoms with van der Waals surface area (Å²) in [6, 6.07) is 0.522. The first-order chi connectivity index (χ1) is 7.83. The smallest absolute Gasteiger partial charge is 0.236 e. The molecule has 2 aliphatic rings. The Morgan fingerprint density at radius 1 is 1.38 bits per heavy atom. The van der Waals surface area contributed by atoms with Gasteiger partial charge in [-0.25, -0.2) is 0 Å². The highest BCUT2D eigenvalue weighted by molar-refractivity contribution is 5.79. The summed E-state index contributed by atoms with van der Waals surface area (Å²) in [7, 11) is 0. The maximum atomic E-state index is 12.0. The van der Waals surface area contributed by atoms with Crippen molar-refractivity contribution < 1.29 is 4.79 Å². The molecule has 1 heterocycles. The van der Waals surface area contributed by atoms with Crippen molar-refractivity contribution in [2.45, 2.75) is 38.1 Å². The fourth-order valence-corrected chi connectivity index (χ4v) is 3.06. The van der Waals surface area contributed by atoms with Crippen molar-refractivity contribution >= 4 is 5.91 Å². The second-order valence-electron chi connectivity index (χ2n) is 4.80. The molecule has 1 aliphatic carbocycles. The zero-order valence-electron chi connectivity index (χ0n) is 9.74. The quantitative estimate of drug-likeness (QED) is 0.568. The van der Waals surface area contributed by atoms with Gasteiger partial charge in [0.05, 0.1) is 13.1 Å². The molecule has 0 aromatic heterocycles. The van der Waals surface area contributed by atoms with Gasteiger partial charge in [0.1, 0.15) is 0 Å². The van der Waals surface area contributed by atoms with Crippen molar-refractivity contribution in [3.8, 4) is 12.3 Å². The number of carbonyl (C=O) groups is 1. The molecule has 2 unspecified atom stereocenters. The Bertz CT molecular complexity index is 295. The second kappa shape index (κ2) is 5.36. The Hall–Kier alpha value is -1.01. The molecular formula is C13H20N2O. The third-order valence-electron chi connectivity index (χ3n) is 3.83. The first-order valence-corrected chi connectivity index (χ1v) is 6.26. The van der Waals surface area contributed by atoms with Gasteiger partial charge in [-0.3, -0.25) is 10.1 Å². The first kappa shape index (κ1) is 11.5. The van der Waals surface area contributed by atoms with E-state index < -0.39 is 0 Å². The number of nitrogens with one attached hydrogen (secondary N) is 1. The van der Waals surface area contributed by atoms with E-state index in [9.17, 15) is 4.79 Å². The van der Waals surface area contributed by atoms with Crippen LogP contribution >= 0.6 is 0 Å². The molecule has 3 heteroatoms. The Morgan fingerprint density at radius 3 is 3.00 bits per heavy atom. The van der Waals surface area contributed by atoms with E-state index in [1.165, 1.54) is 32.1 Å². The molecular weight excluding hydrogens is 200 g/mol. The normalized spacial score (nSPS) is 28.6. The summed E-state index contributed by atoms with van der Waals surface area (Å²) >= 11 is 0. The number of amides is 1. The molecule has 2 fully saturated rings. The molecule has 3 nitrogen and oxygen atoms in total. The summed E-state index contributed by atoms with van der Waals surface area (Å²) in [5, 5.41) is 2.98. The van der Waals surface area contributed by atoms with Crippen molar-refractivity contribution in [1.29, 1.82) is 0 Å². The van der Waals surface area contributed by atoms with E-state index in [1.54, 1.807) is 0 Å². The predicted molar refractivity (Wildman–Crippen MR) is 63.8 cm³/mol. The topological polar surface area (TPSA) is 32.3 Å². The Kier molecular flexibility index (Phi) is 3.84. The van der Waals surface area contributed by atoms with Crippen molar-refractivity contribution in [3.05, 3.63) is 0 Å². The van der Waals surface area contributed by atoms with Crippen LogP contribution in [0, 0.1) is 18.3 Å². The summed E-state index contributed by atoms with van der Waals surface area (Å²) in [6.07, 6.45) is 11.5. The number of fused-ring (bicyclic) bond motifs is 1. The van der Waals surface area contributed by atoms with Gasteiger partial charge in [0.25, 0.3) is 0 Å². The molecule has 0 radical (unpaired) electrons. The van der Waals surface area contributed by atoms with Gasteiger partial charge in [0.2, 0.25) is 5.91 Å². The highest BCUT2D eigenvalue weighted by Crippen LogP contribution is 2.35. The zero-order chi connectivity index (χ0) is 11.4. The minimum atomic E-state index is 0.227. The Labute approximate surface area is 97.6 Å². The molecule has 16 heavy (non-hydrogen) atoms. The molecule has 2 atom stereocenters. The van der Waals surface area contributed by atoms with E-state index in [1.807, 2.05) is 0 Å². The zero-order valence-corrected chi connectivity index (χ0v) is 9.74.